The number of hydrogen-bond donors (Lipinski definition) is 2. The third-order valence-corrected chi connectivity index (χ3v) is 4.85. The Bertz CT molecular complexity index is 699. The van der Waals surface area contributed by atoms with Crippen molar-refractivity contribution in [2.45, 2.75) is 18.3 Å². The van der Waals surface area contributed by atoms with Gasteiger partial charge in [0.25, 0.3) is 0 Å². The van der Waals surface area contributed by atoms with Crippen molar-refractivity contribution in [1.29, 1.82) is 0 Å². The van der Waals surface area contributed by atoms with Gasteiger partial charge in [0.15, 0.2) is 0 Å². The molecule has 23 heavy (non-hydrogen) atoms. The molecule has 1 aromatic heterocycles. The predicted molar refractivity (Wildman–Crippen MR) is 85.0 cm³/mol. The summed E-state index contributed by atoms with van der Waals surface area (Å²) in [5, 5.41) is 16.1. The summed E-state index contributed by atoms with van der Waals surface area (Å²) in [7, 11) is 0. The molecular weight excluding hydrogens is 317 g/mol. The van der Waals surface area contributed by atoms with E-state index in [1.807, 2.05) is 16.8 Å². The van der Waals surface area contributed by atoms with Crippen LogP contribution in [0.25, 0.3) is 0 Å². The Labute approximate surface area is 137 Å². The number of hydrogen-bond acceptors (Lipinski definition) is 3. The van der Waals surface area contributed by atoms with Gasteiger partial charge in [0, 0.05) is 12.5 Å². The summed E-state index contributed by atoms with van der Waals surface area (Å²) in [6.45, 7) is 0.00660. The summed E-state index contributed by atoms with van der Waals surface area (Å²) in [5.74, 6) is -2.28. The number of nitrogens with one attached hydrogen (secondary N) is 1. The van der Waals surface area contributed by atoms with Crippen LogP contribution >= 0.6 is 11.3 Å². The molecule has 0 aliphatic heterocycles. The first-order chi connectivity index (χ1) is 11.1. The molecule has 3 atom stereocenters. The second-order valence-electron chi connectivity index (χ2n) is 5.69. The highest BCUT2D eigenvalue weighted by Crippen LogP contribution is 2.48. The normalized spacial score (nSPS) is 20.7. The van der Waals surface area contributed by atoms with Crippen LogP contribution in [0.15, 0.2) is 41.1 Å². The number of rotatable bonds is 6. The third kappa shape index (κ3) is 3.59. The van der Waals surface area contributed by atoms with E-state index in [0.717, 1.165) is 6.42 Å². The second kappa shape index (κ2) is 6.50. The molecule has 1 unspecified atom stereocenters. The monoisotopic (exact) mass is 333 g/mol. The predicted octanol–water partition coefficient (Wildman–Crippen LogP) is 2.98. The van der Waals surface area contributed by atoms with Gasteiger partial charge in [-0.3, -0.25) is 9.59 Å². The van der Waals surface area contributed by atoms with E-state index in [1.165, 1.54) is 29.8 Å². The lowest BCUT2D eigenvalue weighted by Gasteiger charge is -2.14. The highest BCUT2D eigenvalue weighted by molar-refractivity contribution is 7.08. The van der Waals surface area contributed by atoms with E-state index < -0.39 is 17.7 Å². The van der Waals surface area contributed by atoms with Crippen molar-refractivity contribution >= 4 is 23.2 Å². The number of carboxylic acids is 1. The zero-order valence-electron chi connectivity index (χ0n) is 12.2. The van der Waals surface area contributed by atoms with E-state index in [-0.39, 0.29) is 24.3 Å². The number of thiophene rings is 1. The molecule has 0 bridgehead atoms. The first-order valence-corrected chi connectivity index (χ1v) is 8.28. The minimum atomic E-state index is -1.04. The Kier molecular flexibility index (Phi) is 4.43. The molecule has 6 heteroatoms. The van der Waals surface area contributed by atoms with Crippen LogP contribution in [0.4, 0.5) is 4.39 Å². The first-order valence-electron chi connectivity index (χ1n) is 7.34. The lowest BCUT2D eigenvalue weighted by Crippen LogP contribution is -2.32. The second-order valence-corrected chi connectivity index (χ2v) is 6.47. The maximum absolute atomic E-state index is 12.9. The van der Waals surface area contributed by atoms with Gasteiger partial charge in [-0.1, -0.05) is 12.1 Å². The maximum Gasteiger partial charge on any atom is 0.312 e. The minimum Gasteiger partial charge on any atom is -0.481 e. The molecule has 1 fully saturated rings. The largest absolute Gasteiger partial charge is 0.481 e. The molecule has 2 aromatic rings. The Balaban J connectivity index is 1.58. The van der Waals surface area contributed by atoms with Gasteiger partial charge in [0.05, 0.1) is 5.92 Å². The topological polar surface area (TPSA) is 66.4 Å². The average molecular weight is 333 g/mol. The Hall–Kier alpha value is -2.21. The highest BCUT2D eigenvalue weighted by atomic mass is 32.1. The van der Waals surface area contributed by atoms with Crippen molar-refractivity contribution in [2.24, 2.45) is 5.92 Å². The maximum atomic E-state index is 12.9. The lowest BCUT2D eigenvalue weighted by atomic mass is 9.99. The number of carboxylic acid groups (broad SMARTS) is 1. The Morgan fingerprint density at radius 1 is 1.30 bits per heavy atom. The van der Waals surface area contributed by atoms with Crippen molar-refractivity contribution < 1.29 is 19.1 Å². The summed E-state index contributed by atoms with van der Waals surface area (Å²) in [6, 6.07) is 7.33. The number of benzene rings is 1. The van der Waals surface area contributed by atoms with Crippen LogP contribution in [-0.4, -0.2) is 23.5 Å². The van der Waals surface area contributed by atoms with E-state index in [4.69, 9.17) is 0 Å². The number of halogens is 1. The number of amides is 1. The molecule has 1 saturated carbocycles. The SMILES string of the molecule is O=C(O)C(CNC(=O)[C@@H]1C[C@H]1c1ccsc1)c1ccc(F)cc1. The summed E-state index contributed by atoms with van der Waals surface area (Å²) in [5.41, 5.74) is 1.65. The standard InChI is InChI=1S/C17H16FNO3S/c18-12-3-1-10(2-4-12)15(17(21)22)8-19-16(20)14-7-13(14)11-5-6-23-9-11/h1-6,9,13-15H,7-8H2,(H,19,20)(H,21,22)/t13-,14+,15?/m0/s1. The first kappa shape index (κ1) is 15.7. The smallest absolute Gasteiger partial charge is 0.312 e. The summed E-state index contributed by atoms with van der Waals surface area (Å²) >= 11 is 1.60. The quantitative estimate of drug-likeness (QED) is 0.854. The minimum absolute atomic E-state index is 0.00660. The molecule has 0 radical (unpaired) electrons. The van der Waals surface area contributed by atoms with Crippen LogP contribution in [0.2, 0.25) is 0 Å². The molecule has 1 aromatic carbocycles. The molecular formula is C17H16FNO3S. The van der Waals surface area contributed by atoms with Crippen LogP contribution in [0.1, 0.15) is 29.4 Å². The van der Waals surface area contributed by atoms with Gasteiger partial charge in [0.1, 0.15) is 5.82 Å². The van der Waals surface area contributed by atoms with Crippen LogP contribution in [0.3, 0.4) is 0 Å². The van der Waals surface area contributed by atoms with E-state index >= 15 is 0 Å². The average Bonchev–Trinajstić information content (AvgIpc) is 3.14. The fraction of sp³-hybridized carbons (Fsp3) is 0.294. The van der Waals surface area contributed by atoms with Crippen molar-refractivity contribution in [2.75, 3.05) is 6.54 Å². The number of carbonyl (C=O) groups excluding carboxylic acids is 1. The van der Waals surface area contributed by atoms with Gasteiger partial charge in [-0.25, -0.2) is 4.39 Å². The van der Waals surface area contributed by atoms with Gasteiger partial charge in [-0.05, 0) is 52.4 Å². The van der Waals surface area contributed by atoms with E-state index in [0.29, 0.717) is 5.56 Å². The summed E-state index contributed by atoms with van der Waals surface area (Å²) in [6.07, 6.45) is 0.802. The molecule has 3 rings (SSSR count). The van der Waals surface area contributed by atoms with Crippen LogP contribution in [0, 0.1) is 11.7 Å². The van der Waals surface area contributed by atoms with Crippen molar-refractivity contribution in [1.82, 2.24) is 5.32 Å². The lowest BCUT2D eigenvalue weighted by molar-refractivity contribution is -0.138. The molecule has 0 spiro atoms. The zero-order valence-corrected chi connectivity index (χ0v) is 13.1. The van der Waals surface area contributed by atoms with Crippen LogP contribution in [0.5, 0.6) is 0 Å². The molecule has 1 aliphatic rings. The molecule has 1 heterocycles. The van der Waals surface area contributed by atoms with E-state index in [1.54, 1.807) is 11.3 Å². The highest BCUT2D eigenvalue weighted by Gasteiger charge is 2.44. The number of aliphatic carboxylic acids is 1. The molecule has 1 amide bonds. The van der Waals surface area contributed by atoms with Gasteiger partial charge >= 0.3 is 5.97 Å². The van der Waals surface area contributed by atoms with Gasteiger partial charge in [0.2, 0.25) is 5.91 Å². The number of carbonyl (C=O) groups is 2. The van der Waals surface area contributed by atoms with Crippen LogP contribution < -0.4 is 5.32 Å². The van der Waals surface area contributed by atoms with Gasteiger partial charge in [-0.15, -0.1) is 0 Å². The van der Waals surface area contributed by atoms with Crippen molar-refractivity contribution in [3.8, 4) is 0 Å². The summed E-state index contributed by atoms with van der Waals surface area (Å²) in [4.78, 5) is 23.6. The molecule has 1 aliphatic carbocycles. The molecule has 120 valence electrons. The fourth-order valence-corrected chi connectivity index (χ4v) is 3.44. The summed E-state index contributed by atoms with van der Waals surface area (Å²) < 4.78 is 12.9. The molecule has 0 saturated heterocycles. The van der Waals surface area contributed by atoms with Crippen molar-refractivity contribution in [3.63, 3.8) is 0 Å². The zero-order chi connectivity index (χ0) is 16.4. The molecule has 2 N–H and O–H groups in total. The fourth-order valence-electron chi connectivity index (χ4n) is 2.72. The van der Waals surface area contributed by atoms with Crippen LogP contribution in [-0.2, 0) is 9.59 Å². The Morgan fingerprint density at radius 3 is 2.65 bits per heavy atom. The third-order valence-electron chi connectivity index (χ3n) is 4.15. The molecule has 4 nitrogen and oxygen atoms in total. The van der Waals surface area contributed by atoms with Gasteiger partial charge < -0.3 is 10.4 Å². The Morgan fingerprint density at radius 2 is 2.04 bits per heavy atom. The van der Waals surface area contributed by atoms with Gasteiger partial charge in [-0.2, -0.15) is 11.3 Å². The van der Waals surface area contributed by atoms with Crippen molar-refractivity contribution in [3.05, 3.63) is 58.0 Å². The van der Waals surface area contributed by atoms with E-state index in [2.05, 4.69) is 5.32 Å². The van der Waals surface area contributed by atoms with E-state index in [9.17, 15) is 19.1 Å².